The second kappa shape index (κ2) is 9.55. The fourth-order valence-corrected chi connectivity index (χ4v) is 3.97. The Balaban J connectivity index is 2.24. The number of hydrogen-bond donors (Lipinski definition) is 0. The molecule has 0 spiro atoms. The highest BCUT2D eigenvalue weighted by Gasteiger charge is 2.42. The van der Waals surface area contributed by atoms with E-state index in [0.29, 0.717) is 22.8 Å². The van der Waals surface area contributed by atoms with Crippen LogP contribution in [0.1, 0.15) is 42.5 Å². The van der Waals surface area contributed by atoms with E-state index < -0.39 is 24.0 Å². The molecule has 1 aliphatic heterocycles. The number of ether oxygens (including phenoxy) is 4. The summed E-state index contributed by atoms with van der Waals surface area (Å²) >= 11 is 0. The van der Waals surface area contributed by atoms with Crippen LogP contribution in [0.15, 0.2) is 48.2 Å². The van der Waals surface area contributed by atoms with Crippen molar-refractivity contribution < 1.29 is 28.5 Å². The molecule has 1 aliphatic rings. The van der Waals surface area contributed by atoms with Crippen LogP contribution in [-0.4, -0.2) is 44.9 Å². The molecule has 0 bridgehead atoms. The summed E-state index contributed by atoms with van der Waals surface area (Å²) in [5.74, 6) is -0.240. The van der Waals surface area contributed by atoms with E-state index in [9.17, 15) is 9.59 Å². The van der Waals surface area contributed by atoms with Crippen molar-refractivity contribution in [2.45, 2.75) is 25.8 Å². The molecule has 2 atom stereocenters. The van der Waals surface area contributed by atoms with Crippen LogP contribution in [0.3, 0.4) is 0 Å². The summed E-state index contributed by atoms with van der Waals surface area (Å²) in [5.41, 5.74) is 3.07. The Bertz CT molecular complexity index is 999. The molecule has 7 heteroatoms. The van der Waals surface area contributed by atoms with E-state index in [1.54, 1.807) is 32.2 Å². The molecule has 164 valence electrons. The maximum Gasteiger partial charge on any atom is 0.414 e. The average molecular weight is 425 g/mol. The lowest BCUT2D eigenvalue weighted by Crippen LogP contribution is -2.41. The summed E-state index contributed by atoms with van der Waals surface area (Å²) in [6, 6.07) is 12.3. The van der Waals surface area contributed by atoms with Gasteiger partial charge < -0.3 is 18.9 Å². The molecule has 0 radical (unpaired) electrons. The second-order valence-electron chi connectivity index (χ2n) is 7.04. The highest BCUT2D eigenvalue weighted by molar-refractivity contribution is 5.84. The van der Waals surface area contributed by atoms with Crippen molar-refractivity contribution in [3.8, 4) is 11.5 Å². The lowest BCUT2D eigenvalue weighted by molar-refractivity contribution is -0.146. The number of methoxy groups -OCH3 is 3. The zero-order chi connectivity index (χ0) is 22.5. The van der Waals surface area contributed by atoms with E-state index in [0.717, 1.165) is 11.1 Å². The first kappa shape index (κ1) is 22.2. The molecule has 31 heavy (non-hydrogen) atoms. The summed E-state index contributed by atoms with van der Waals surface area (Å²) in [4.78, 5) is 27.6. The van der Waals surface area contributed by atoms with Gasteiger partial charge in [-0.3, -0.25) is 9.69 Å². The lowest BCUT2D eigenvalue weighted by atomic mass is 9.81. The molecule has 7 nitrogen and oxygen atoms in total. The molecule has 0 saturated heterocycles. The minimum atomic E-state index is -0.816. The Morgan fingerprint density at radius 2 is 1.74 bits per heavy atom. The third kappa shape index (κ3) is 4.21. The van der Waals surface area contributed by atoms with Crippen LogP contribution in [0.25, 0.3) is 6.08 Å². The van der Waals surface area contributed by atoms with Crippen molar-refractivity contribution in [1.29, 1.82) is 0 Å². The lowest BCUT2D eigenvalue weighted by Gasteiger charge is -2.39. The van der Waals surface area contributed by atoms with Gasteiger partial charge in [0.2, 0.25) is 0 Å². The summed E-state index contributed by atoms with van der Waals surface area (Å²) in [6.45, 7) is 3.78. The van der Waals surface area contributed by atoms with E-state index in [4.69, 9.17) is 18.9 Å². The van der Waals surface area contributed by atoms with Crippen LogP contribution >= 0.6 is 0 Å². The Hall–Kier alpha value is -3.48. The molecule has 1 amide bonds. The third-order valence-electron chi connectivity index (χ3n) is 5.33. The maximum absolute atomic E-state index is 13.3. The molecule has 3 rings (SSSR count). The van der Waals surface area contributed by atoms with Gasteiger partial charge >= 0.3 is 12.1 Å². The van der Waals surface area contributed by atoms with Crippen molar-refractivity contribution in [2.24, 2.45) is 0 Å². The Morgan fingerprint density at radius 1 is 1.03 bits per heavy atom. The first-order chi connectivity index (χ1) is 15.0. The first-order valence-electron chi connectivity index (χ1n) is 9.99. The first-order valence-corrected chi connectivity index (χ1v) is 9.99. The number of hydrogen-bond acceptors (Lipinski definition) is 6. The van der Waals surface area contributed by atoms with Gasteiger partial charge in [0, 0.05) is 5.70 Å². The predicted molar refractivity (Wildman–Crippen MR) is 116 cm³/mol. The quantitative estimate of drug-likeness (QED) is 0.633. The van der Waals surface area contributed by atoms with Crippen LogP contribution in [0.5, 0.6) is 11.5 Å². The summed E-state index contributed by atoms with van der Waals surface area (Å²) in [6.07, 6.45) is 1.35. The van der Waals surface area contributed by atoms with Gasteiger partial charge in [0.15, 0.2) is 11.5 Å². The van der Waals surface area contributed by atoms with Gasteiger partial charge in [0.05, 0.1) is 34.0 Å². The van der Waals surface area contributed by atoms with Crippen molar-refractivity contribution in [3.63, 3.8) is 0 Å². The van der Waals surface area contributed by atoms with Crippen molar-refractivity contribution in [2.75, 3.05) is 27.9 Å². The molecule has 0 aliphatic carbocycles. The van der Waals surface area contributed by atoms with E-state index >= 15 is 0 Å². The smallest absolute Gasteiger partial charge is 0.414 e. The number of allylic oxidation sites excluding steroid dienone is 1. The van der Waals surface area contributed by atoms with Gasteiger partial charge in [-0.2, -0.15) is 0 Å². The summed E-state index contributed by atoms with van der Waals surface area (Å²) < 4.78 is 21.3. The normalized spacial score (nSPS) is 16.0. The minimum absolute atomic E-state index is 0.212. The van der Waals surface area contributed by atoms with Gasteiger partial charge in [0.1, 0.15) is 5.92 Å². The number of esters is 1. The van der Waals surface area contributed by atoms with Gasteiger partial charge in [0.25, 0.3) is 0 Å². The molecular weight excluding hydrogens is 398 g/mol. The predicted octanol–water partition coefficient (Wildman–Crippen LogP) is 4.53. The highest BCUT2D eigenvalue weighted by Crippen LogP contribution is 2.45. The fourth-order valence-electron chi connectivity index (χ4n) is 3.97. The number of carbonyl (C=O) groups excluding carboxylic acids is 2. The summed E-state index contributed by atoms with van der Waals surface area (Å²) in [5, 5.41) is 0. The molecular formula is C24H27NO6. The van der Waals surface area contributed by atoms with Crippen LogP contribution in [0.2, 0.25) is 0 Å². The number of carbonyl (C=O) groups is 2. The molecule has 0 N–H and O–H groups in total. The van der Waals surface area contributed by atoms with Crippen molar-refractivity contribution in [1.82, 2.24) is 4.90 Å². The van der Waals surface area contributed by atoms with Crippen LogP contribution in [0, 0.1) is 0 Å². The fraction of sp³-hybridized carbons (Fsp3) is 0.333. The third-order valence-corrected chi connectivity index (χ3v) is 5.33. The topological polar surface area (TPSA) is 74.3 Å². The average Bonchev–Trinajstić information content (AvgIpc) is 2.78. The van der Waals surface area contributed by atoms with Crippen LogP contribution in [-0.2, 0) is 14.3 Å². The molecule has 0 aromatic heterocycles. The molecule has 0 fully saturated rings. The van der Waals surface area contributed by atoms with Gasteiger partial charge in [-0.15, -0.1) is 0 Å². The molecule has 2 unspecified atom stereocenters. The highest BCUT2D eigenvalue weighted by atomic mass is 16.5. The van der Waals surface area contributed by atoms with E-state index in [1.165, 1.54) is 19.1 Å². The van der Waals surface area contributed by atoms with Crippen LogP contribution < -0.4 is 9.47 Å². The Labute approximate surface area is 182 Å². The van der Waals surface area contributed by atoms with E-state index in [2.05, 4.69) is 0 Å². The number of fused-ring (bicyclic) bond motifs is 1. The standard InChI is InChI=1S/C24H27NO6/c1-6-31-23(26)21(17-11-12-19(28-3)20(14-17)29-4)22-18-10-8-7-9-16(18)13-15(2)25(22)24(27)30-5/h7-14,21-22H,6H2,1-5H3. The van der Waals surface area contributed by atoms with Gasteiger partial charge in [-0.1, -0.05) is 30.3 Å². The Kier molecular flexibility index (Phi) is 6.84. The molecule has 1 heterocycles. The monoisotopic (exact) mass is 425 g/mol. The number of rotatable bonds is 6. The molecule has 2 aromatic carbocycles. The van der Waals surface area contributed by atoms with Gasteiger partial charge in [-0.05, 0) is 48.7 Å². The van der Waals surface area contributed by atoms with Crippen LogP contribution in [0.4, 0.5) is 4.79 Å². The number of benzene rings is 2. The molecule has 0 saturated carbocycles. The molecule has 2 aromatic rings. The zero-order valence-electron chi connectivity index (χ0n) is 18.4. The van der Waals surface area contributed by atoms with E-state index in [1.807, 2.05) is 37.3 Å². The SMILES string of the molecule is CCOC(=O)C(c1ccc(OC)c(OC)c1)C1c2ccccc2C=C(C)N1C(=O)OC. The number of nitrogens with zero attached hydrogens (tertiary/aromatic N) is 1. The van der Waals surface area contributed by atoms with Gasteiger partial charge in [-0.25, -0.2) is 4.79 Å². The largest absolute Gasteiger partial charge is 0.493 e. The van der Waals surface area contributed by atoms with E-state index in [-0.39, 0.29) is 6.61 Å². The Morgan fingerprint density at radius 3 is 2.39 bits per heavy atom. The maximum atomic E-state index is 13.3. The summed E-state index contributed by atoms with van der Waals surface area (Å²) in [7, 11) is 4.40. The zero-order valence-corrected chi connectivity index (χ0v) is 18.4. The van der Waals surface area contributed by atoms with Crippen molar-refractivity contribution in [3.05, 3.63) is 64.9 Å². The minimum Gasteiger partial charge on any atom is -0.493 e. The van der Waals surface area contributed by atoms with Crippen molar-refractivity contribution >= 4 is 18.1 Å². The second-order valence-corrected chi connectivity index (χ2v) is 7.04. The number of amides is 1.